The van der Waals surface area contributed by atoms with Gasteiger partial charge >= 0.3 is 0 Å². The summed E-state index contributed by atoms with van der Waals surface area (Å²) in [4.78, 5) is 21.3. The fourth-order valence-corrected chi connectivity index (χ4v) is 3.24. The van der Waals surface area contributed by atoms with Crippen molar-refractivity contribution in [2.45, 2.75) is 18.6 Å². The molecule has 1 amide bonds. The summed E-state index contributed by atoms with van der Waals surface area (Å²) < 4.78 is 19.8. The summed E-state index contributed by atoms with van der Waals surface area (Å²) in [5.41, 5.74) is 1.11. The van der Waals surface area contributed by atoms with Gasteiger partial charge in [0.05, 0.1) is 24.7 Å². The van der Waals surface area contributed by atoms with Crippen LogP contribution in [0, 0.1) is 5.82 Å². The monoisotopic (exact) mass is 418 g/mol. The Hall–Kier alpha value is -2.72. The predicted molar refractivity (Wildman–Crippen MR) is 111 cm³/mol. The predicted octanol–water partition coefficient (Wildman–Crippen LogP) is 2.57. The molecule has 0 aliphatic carbocycles. The molecular weight excluding hydrogens is 395 g/mol. The van der Waals surface area contributed by atoms with Crippen molar-refractivity contribution in [2.75, 3.05) is 37.9 Å². The van der Waals surface area contributed by atoms with Gasteiger partial charge in [-0.2, -0.15) is 5.10 Å². The number of rotatable bonds is 10. The summed E-state index contributed by atoms with van der Waals surface area (Å²) in [7, 11) is 1.65. The Morgan fingerprint density at radius 1 is 1.24 bits per heavy atom. The number of fused-ring (bicyclic) bond motifs is 1. The number of carbonyl (C=O) groups excluding carboxylic acids is 1. The highest BCUT2D eigenvalue weighted by Gasteiger charge is 2.13. The van der Waals surface area contributed by atoms with E-state index in [1.807, 2.05) is 6.92 Å². The van der Waals surface area contributed by atoms with Crippen molar-refractivity contribution < 1.29 is 13.9 Å². The van der Waals surface area contributed by atoms with E-state index in [-0.39, 0.29) is 11.7 Å². The molecule has 0 radical (unpaired) electrons. The van der Waals surface area contributed by atoms with Crippen LogP contribution < -0.4 is 10.6 Å². The van der Waals surface area contributed by atoms with Gasteiger partial charge in [0.15, 0.2) is 10.8 Å². The zero-order valence-electron chi connectivity index (χ0n) is 16.3. The highest BCUT2D eigenvalue weighted by atomic mass is 32.2. The summed E-state index contributed by atoms with van der Waals surface area (Å²) >= 11 is 1.55. The first-order valence-corrected chi connectivity index (χ1v) is 10.2. The van der Waals surface area contributed by atoms with E-state index in [0.717, 1.165) is 11.1 Å². The van der Waals surface area contributed by atoms with E-state index in [2.05, 4.69) is 25.7 Å². The molecule has 29 heavy (non-hydrogen) atoms. The third kappa shape index (κ3) is 5.42. The van der Waals surface area contributed by atoms with Gasteiger partial charge < -0.3 is 15.4 Å². The van der Waals surface area contributed by atoms with Crippen LogP contribution >= 0.6 is 11.8 Å². The smallest absolute Gasteiger partial charge is 0.251 e. The number of hydrogen-bond acceptors (Lipinski definition) is 7. The molecule has 3 aromatic rings. The summed E-state index contributed by atoms with van der Waals surface area (Å²) in [6, 6.07) is 5.43. The highest BCUT2D eigenvalue weighted by molar-refractivity contribution is 7.99. The van der Waals surface area contributed by atoms with E-state index >= 15 is 0 Å². The molecule has 2 heterocycles. The number of benzene rings is 1. The van der Waals surface area contributed by atoms with Gasteiger partial charge in [0.2, 0.25) is 0 Å². The number of carbonyl (C=O) groups is 1. The van der Waals surface area contributed by atoms with Crippen molar-refractivity contribution in [2.24, 2.45) is 0 Å². The van der Waals surface area contributed by atoms with Crippen molar-refractivity contribution in [3.8, 4) is 0 Å². The molecule has 0 saturated heterocycles. The molecule has 0 unspecified atom stereocenters. The third-order valence-corrected chi connectivity index (χ3v) is 4.79. The number of methoxy groups -OCH3 is 1. The van der Waals surface area contributed by atoms with Crippen molar-refractivity contribution in [1.82, 2.24) is 25.1 Å². The molecule has 0 bridgehead atoms. The van der Waals surface area contributed by atoms with Crippen LogP contribution in [-0.4, -0.2) is 58.2 Å². The molecule has 8 nitrogen and oxygen atoms in total. The standard InChI is InChI=1S/C19H23FN6O2S/c1-3-29-19-24-16(21-9-11-28-2)15-12-23-26(17(15)25-19)10-8-22-18(27)13-4-6-14(20)7-5-13/h4-7,12H,3,8-11H2,1-2H3,(H,22,27)(H,21,24,25). The zero-order chi connectivity index (χ0) is 20.6. The molecule has 2 N–H and O–H groups in total. The van der Waals surface area contributed by atoms with Gasteiger partial charge in [0.25, 0.3) is 5.91 Å². The number of nitrogens with one attached hydrogen (secondary N) is 2. The number of halogens is 1. The quantitative estimate of drug-likeness (QED) is 0.297. The molecule has 3 rings (SSSR count). The largest absolute Gasteiger partial charge is 0.383 e. The van der Waals surface area contributed by atoms with Crippen LogP contribution in [0.25, 0.3) is 11.0 Å². The fourth-order valence-electron chi connectivity index (χ4n) is 2.68. The van der Waals surface area contributed by atoms with Crippen LogP contribution in [0.2, 0.25) is 0 Å². The second-order valence-corrected chi connectivity index (χ2v) is 7.31. The minimum atomic E-state index is -0.375. The third-order valence-electron chi connectivity index (χ3n) is 4.06. The maximum Gasteiger partial charge on any atom is 0.251 e. The summed E-state index contributed by atoms with van der Waals surface area (Å²) in [6.45, 7) is 4.03. The first kappa shape index (κ1) is 21.0. The Balaban J connectivity index is 1.71. The average molecular weight is 418 g/mol. The lowest BCUT2D eigenvalue weighted by Crippen LogP contribution is -2.27. The van der Waals surface area contributed by atoms with E-state index in [4.69, 9.17) is 4.74 Å². The maximum atomic E-state index is 13.0. The molecule has 0 fully saturated rings. The summed E-state index contributed by atoms with van der Waals surface area (Å²) in [5, 5.41) is 11.9. The Bertz CT molecular complexity index is 963. The van der Waals surface area contributed by atoms with Crippen LogP contribution in [0.3, 0.4) is 0 Å². The van der Waals surface area contributed by atoms with E-state index in [1.165, 1.54) is 24.3 Å². The highest BCUT2D eigenvalue weighted by Crippen LogP contribution is 2.24. The SMILES string of the molecule is CCSc1nc(NCCOC)c2cnn(CCNC(=O)c3ccc(F)cc3)c2n1. The fraction of sp³-hybridized carbons (Fsp3) is 0.368. The number of amides is 1. The lowest BCUT2D eigenvalue weighted by atomic mass is 10.2. The van der Waals surface area contributed by atoms with Crippen LogP contribution in [0.5, 0.6) is 0 Å². The van der Waals surface area contributed by atoms with Gasteiger partial charge in [-0.1, -0.05) is 18.7 Å². The number of hydrogen-bond donors (Lipinski definition) is 2. The van der Waals surface area contributed by atoms with E-state index in [1.54, 1.807) is 29.8 Å². The molecule has 0 spiro atoms. The van der Waals surface area contributed by atoms with Crippen molar-refractivity contribution in [3.63, 3.8) is 0 Å². The second kappa shape index (κ2) is 10.2. The lowest BCUT2D eigenvalue weighted by Gasteiger charge is -2.09. The lowest BCUT2D eigenvalue weighted by molar-refractivity contribution is 0.0952. The van der Waals surface area contributed by atoms with Gasteiger partial charge in [0.1, 0.15) is 11.6 Å². The van der Waals surface area contributed by atoms with E-state index in [0.29, 0.717) is 48.4 Å². The Kier molecular flexibility index (Phi) is 7.36. The van der Waals surface area contributed by atoms with Crippen LogP contribution in [0.1, 0.15) is 17.3 Å². The maximum absolute atomic E-state index is 13.0. The number of anilines is 1. The van der Waals surface area contributed by atoms with E-state index < -0.39 is 0 Å². The Morgan fingerprint density at radius 3 is 2.76 bits per heavy atom. The molecule has 1 aromatic carbocycles. The Morgan fingerprint density at radius 2 is 2.03 bits per heavy atom. The van der Waals surface area contributed by atoms with Crippen molar-refractivity contribution in [3.05, 3.63) is 41.8 Å². The molecule has 154 valence electrons. The number of nitrogens with zero attached hydrogens (tertiary/aromatic N) is 4. The first-order chi connectivity index (χ1) is 14.1. The van der Waals surface area contributed by atoms with Crippen LogP contribution in [0.4, 0.5) is 10.2 Å². The van der Waals surface area contributed by atoms with Crippen LogP contribution in [-0.2, 0) is 11.3 Å². The van der Waals surface area contributed by atoms with E-state index in [9.17, 15) is 9.18 Å². The molecule has 0 aliphatic heterocycles. The molecule has 0 saturated carbocycles. The minimum Gasteiger partial charge on any atom is -0.383 e. The van der Waals surface area contributed by atoms with Crippen molar-refractivity contribution in [1.29, 1.82) is 0 Å². The average Bonchev–Trinajstić information content (AvgIpc) is 3.12. The van der Waals surface area contributed by atoms with Gasteiger partial charge in [-0.05, 0) is 30.0 Å². The topological polar surface area (TPSA) is 94.0 Å². The molecular formula is C19H23FN6O2S. The zero-order valence-corrected chi connectivity index (χ0v) is 17.1. The van der Waals surface area contributed by atoms with Gasteiger partial charge in [-0.25, -0.2) is 19.0 Å². The Labute approximate surface area is 172 Å². The number of aromatic nitrogens is 4. The molecule has 10 heteroatoms. The first-order valence-electron chi connectivity index (χ1n) is 9.25. The number of ether oxygens (including phenoxy) is 1. The van der Waals surface area contributed by atoms with Crippen molar-refractivity contribution >= 4 is 34.5 Å². The van der Waals surface area contributed by atoms with Gasteiger partial charge in [-0.3, -0.25) is 4.79 Å². The van der Waals surface area contributed by atoms with Crippen LogP contribution in [0.15, 0.2) is 35.6 Å². The van der Waals surface area contributed by atoms with Gasteiger partial charge in [0, 0.05) is 25.8 Å². The van der Waals surface area contributed by atoms with Gasteiger partial charge in [-0.15, -0.1) is 0 Å². The number of thioether (sulfide) groups is 1. The molecule has 0 aliphatic rings. The minimum absolute atomic E-state index is 0.264. The summed E-state index contributed by atoms with van der Waals surface area (Å²) in [6.07, 6.45) is 1.71. The summed E-state index contributed by atoms with van der Waals surface area (Å²) in [5.74, 6) is 0.926. The second-order valence-electron chi connectivity index (χ2n) is 6.08. The normalized spacial score (nSPS) is 11.0. The molecule has 2 aromatic heterocycles. The molecule has 0 atom stereocenters.